The Labute approximate surface area is 133 Å². The highest BCUT2D eigenvalue weighted by Gasteiger charge is 2.29. The van der Waals surface area contributed by atoms with Crippen LogP contribution >= 0.6 is 27.7 Å². The van der Waals surface area contributed by atoms with Crippen LogP contribution in [-0.4, -0.2) is 18.8 Å². The molecule has 0 fully saturated rings. The maximum atomic E-state index is 3.66. The van der Waals surface area contributed by atoms with Gasteiger partial charge in [0.15, 0.2) is 0 Å². The lowest BCUT2D eigenvalue weighted by Gasteiger charge is -2.24. The van der Waals surface area contributed by atoms with E-state index in [1.54, 1.807) is 0 Å². The molecule has 0 radical (unpaired) electrons. The molecule has 2 atom stereocenters. The van der Waals surface area contributed by atoms with Crippen molar-refractivity contribution in [3.05, 3.63) is 64.1 Å². The highest BCUT2D eigenvalue weighted by atomic mass is 79.9. The summed E-state index contributed by atoms with van der Waals surface area (Å²) >= 11 is 5.64. The summed E-state index contributed by atoms with van der Waals surface area (Å²) in [5.41, 5.74) is 2.88. The number of hydrogen-bond acceptors (Lipinski definition) is 2. The predicted molar refractivity (Wildman–Crippen MR) is 90.6 cm³/mol. The van der Waals surface area contributed by atoms with Crippen LogP contribution in [0.15, 0.2) is 57.9 Å². The summed E-state index contributed by atoms with van der Waals surface area (Å²) in [5.74, 6) is 1.77. The van der Waals surface area contributed by atoms with Crippen LogP contribution in [0.3, 0.4) is 0 Å². The molecule has 3 rings (SSSR count). The van der Waals surface area contributed by atoms with Crippen LogP contribution in [0.2, 0.25) is 0 Å². The third-order valence-corrected chi connectivity index (χ3v) is 5.97. The Morgan fingerprint density at radius 1 is 1.20 bits per heavy atom. The molecule has 20 heavy (non-hydrogen) atoms. The van der Waals surface area contributed by atoms with Crippen LogP contribution in [0.1, 0.15) is 17.0 Å². The molecule has 2 unspecified atom stereocenters. The number of nitrogens with one attached hydrogen (secondary N) is 1. The summed E-state index contributed by atoms with van der Waals surface area (Å²) in [5, 5.41) is 3.53. The Hall–Kier alpha value is -0.770. The molecule has 1 N–H and O–H groups in total. The van der Waals surface area contributed by atoms with E-state index in [9.17, 15) is 0 Å². The Morgan fingerprint density at radius 2 is 1.95 bits per heavy atom. The summed E-state index contributed by atoms with van der Waals surface area (Å²) in [6.45, 7) is 0. The molecule has 1 nitrogen and oxygen atoms in total. The summed E-state index contributed by atoms with van der Waals surface area (Å²) < 4.78 is 1.21. The van der Waals surface area contributed by atoms with Gasteiger partial charge in [0.1, 0.15) is 0 Å². The van der Waals surface area contributed by atoms with Gasteiger partial charge in [-0.2, -0.15) is 0 Å². The highest BCUT2D eigenvalue weighted by molar-refractivity contribution is 9.10. The van der Waals surface area contributed by atoms with Gasteiger partial charge in [0.25, 0.3) is 0 Å². The second-order valence-corrected chi connectivity index (χ2v) is 7.06. The zero-order valence-corrected chi connectivity index (χ0v) is 13.9. The summed E-state index contributed by atoms with van der Waals surface area (Å²) in [6.07, 6.45) is 1.05. The maximum absolute atomic E-state index is 3.66. The molecule has 1 aliphatic heterocycles. The van der Waals surface area contributed by atoms with Gasteiger partial charge in [-0.1, -0.05) is 52.3 Å². The molecule has 0 saturated carbocycles. The minimum Gasteiger partial charge on any atom is -0.316 e. The second kappa shape index (κ2) is 6.33. The lowest BCUT2D eigenvalue weighted by molar-refractivity contribution is 0.488. The van der Waals surface area contributed by atoms with E-state index in [4.69, 9.17) is 0 Å². The fraction of sp³-hybridized carbons (Fsp3) is 0.294. The third-order valence-electron chi connectivity index (χ3n) is 3.99. The molecule has 2 aromatic carbocycles. The Morgan fingerprint density at radius 3 is 2.75 bits per heavy atom. The van der Waals surface area contributed by atoms with E-state index in [0.29, 0.717) is 12.0 Å². The number of hydrogen-bond donors (Lipinski definition) is 1. The first-order chi connectivity index (χ1) is 9.79. The first-order valence-corrected chi connectivity index (χ1v) is 8.70. The number of halogens is 1. The van der Waals surface area contributed by atoms with Crippen molar-refractivity contribution in [3.63, 3.8) is 0 Å². The van der Waals surface area contributed by atoms with E-state index < -0.39 is 0 Å². The van der Waals surface area contributed by atoms with E-state index in [1.807, 2.05) is 11.8 Å². The van der Waals surface area contributed by atoms with Crippen LogP contribution in [-0.2, 0) is 6.42 Å². The third kappa shape index (κ3) is 2.80. The van der Waals surface area contributed by atoms with Gasteiger partial charge < -0.3 is 5.32 Å². The quantitative estimate of drug-likeness (QED) is 0.875. The zero-order chi connectivity index (χ0) is 13.9. The van der Waals surface area contributed by atoms with Gasteiger partial charge in [-0.25, -0.2) is 0 Å². The molecular weight excluding hydrogens is 330 g/mol. The molecule has 0 aliphatic carbocycles. The lowest BCUT2D eigenvalue weighted by Crippen LogP contribution is -2.34. The molecule has 2 aromatic rings. The van der Waals surface area contributed by atoms with Crippen LogP contribution in [0.25, 0.3) is 0 Å². The largest absolute Gasteiger partial charge is 0.316 e. The first kappa shape index (κ1) is 14.2. The van der Waals surface area contributed by atoms with E-state index in [0.717, 1.165) is 6.42 Å². The number of rotatable bonds is 4. The van der Waals surface area contributed by atoms with Crippen LogP contribution in [0.4, 0.5) is 0 Å². The van der Waals surface area contributed by atoms with Crippen molar-refractivity contribution in [3.8, 4) is 0 Å². The SMILES string of the molecule is CNC(Cc1ccccc1Br)C1CSc2ccccc21. The van der Waals surface area contributed by atoms with Crippen LogP contribution < -0.4 is 5.32 Å². The van der Waals surface area contributed by atoms with Crippen molar-refractivity contribution in [1.29, 1.82) is 0 Å². The first-order valence-electron chi connectivity index (χ1n) is 6.92. The maximum Gasteiger partial charge on any atom is 0.0207 e. The molecule has 1 aliphatic rings. The highest BCUT2D eigenvalue weighted by Crippen LogP contribution is 2.41. The minimum absolute atomic E-state index is 0.477. The Bertz CT molecular complexity index is 599. The lowest BCUT2D eigenvalue weighted by atomic mass is 9.89. The second-order valence-electron chi connectivity index (χ2n) is 5.15. The molecule has 1 heterocycles. The monoisotopic (exact) mass is 347 g/mol. The van der Waals surface area contributed by atoms with E-state index >= 15 is 0 Å². The topological polar surface area (TPSA) is 12.0 Å². The van der Waals surface area contributed by atoms with Crippen molar-refractivity contribution >= 4 is 27.7 Å². The van der Waals surface area contributed by atoms with Crippen LogP contribution in [0, 0.1) is 0 Å². The van der Waals surface area contributed by atoms with Gasteiger partial charge in [0, 0.05) is 27.1 Å². The molecule has 3 heteroatoms. The average Bonchev–Trinajstić information content (AvgIpc) is 2.90. The number of likely N-dealkylation sites (N-methyl/N-ethyl adjacent to an activating group) is 1. The number of benzene rings is 2. The molecule has 0 saturated heterocycles. The van der Waals surface area contributed by atoms with Gasteiger partial charge in [-0.05, 0) is 36.7 Å². The number of fused-ring (bicyclic) bond motifs is 1. The van der Waals surface area contributed by atoms with Crippen molar-refractivity contribution in [2.24, 2.45) is 0 Å². The summed E-state index contributed by atoms with van der Waals surface area (Å²) in [7, 11) is 2.08. The fourth-order valence-electron chi connectivity index (χ4n) is 2.87. The molecule has 104 valence electrons. The molecular formula is C17H18BrNS. The minimum atomic E-state index is 0.477. The molecule has 0 bridgehead atoms. The van der Waals surface area contributed by atoms with Crippen molar-refractivity contribution in [2.75, 3.05) is 12.8 Å². The average molecular weight is 348 g/mol. The van der Waals surface area contributed by atoms with Crippen molar-refractivity contribution in [2.45, 2.75) is 23.3 Å². The molecule has 0 spiro atoms. The molecule has 0 amide bonds. The van der Waals surface area contributed by atoms with E-state index in [-0.39, 0.29) is 0 Å². The number of thioether (sulfide) groups is 1. The summed E-state index contributed by atoms with van der Waals surface area (Å²) in [4.78, 5) is 1.45. The zero-order valence-electron chi connectivity index (χ0n) is 11.5. The summed E-state index contributed by atoms with van der Waals surface area (Å²) in [6, 6.07) is 17.8. The van der Waals surface area contributed by atoms with E-state index in [2.05, 4.69) is 76.8 Å². The van der Waals surface area contributed by atoms with Crippen molar-refractivity contribution in [1.82, 2.24) is 5.32 Å². The standard InChI is InChI=1S/C17H18BrNS/c1-19-16(10-12-6-2-4-8-15(12)18)14-11-20-17-9-5-3-7-13(14)17/h2-9,14,16,19H,10-11H2,1H3. The van der Waals surface area contributed by atoms with Gasteiger partial charge in [-0.3, -0.25) is 0 Å². The van der Waals surface area contributed by atoms with Gasteiger partial charge in [0.05, 0.1) is 0 Å². The van der Waals surface area contributed by atoms with Gasteiger partial charge in [0.2, 0.25) is 0 Å². The molecule has 0 aromatic heterocycles. The van der Waals surface area contributed by atoms with Crippen LogP contribution in [0.5, 0.6) is 0 Å². The van der Waals surface area contributed by atoms with Crippen molar-refractivity contribution < 1.29 is 0 Å². The Kier molecular flexibility index (Phi) is 4.49. The predicted octanol–water partition coefficient (Wildman–Crippen LogP) is 4.47. The normalized spacial score (nSPS) is 18.8. The van der Waals surface area contributed by atoms with Gasteiger partial charge >= 0.3 is 0 Å². The smallest absolute Gasteiger partial charge is 0.0207 e. The fourth-order valence-corrected chi connectivity index (χ4v) is 4.65. The Balaban J connectivity index is 1.83. The van der Waals surface area contributed by atoms with Gasteiger partial charge in [-0.15, -0.1) is 11.8 Å². The van der Waals surface area contributed by atoms with E-state index in [1.165, 1.54) is 26.2 Å².